The maximum atomic E-state index is 12.6. The van der Waals surface area contributed by atoms with Gasteiger partial charge < -0.3 is 20.5 Å². The van der Waals surface area contributed by atoms with Crippen molar-refractivity contribution in [2.45, 2.75) is 51.6 Å². The van der Waals surface area contributed by atoms with E-state index in [0.29, 0.717) is 12.8 Å². The minimum absolute atomic E-state index is 0.0798. The molecule has 2 amide bonds. The summed E-state index contributed by atoms with van der Waals surface area (Å²) in [6, 6.07) is 14.2. The maximum Gasteiger partial charge on any atom is 0.407 e. The van der Waals surface area contributed by atoms with E-state index >= 15 is 0 Å². The SMILES string of the molecule is CCC(NC(=O)OCC1c2ccccc2-c2ccccc21)C(=O)N[C@H](C(=O)O)[C@@H](C)CC. The number of amides is 2. The molecular formula is C25H30N2O5. The van der Waals surface area contributed by atoms with Gasteiger partial charge in [-0.2, -0.15) is 0 Å². The first-order chi connectivity index (χ1) is 15.4. The van der Waals surface area contributed by atoms with Gasteiger partial charge in [-0.05, 0) is 34.6 Å². The number of hydrogen-bond donors (Lipinski definition) is 3. The van der Waals surface area contributed by atoms with Crippen LogP contribution in [0.15, 0.2) is 48.5 Å². The van der Waals surface area contributed by atoms with Crippen molar-refractivity contribution in [2.75, 3.05) is 6.61 Å². The van der Waals surface area contributed by atoms with Gasteiger partial charge in [0.15, 0.2) is 0 Å². The summed E-state index contributed by atoms with van der Waals surface area (Å²) in [5.41, 5.74) is 4.47. The van der Waals surface area contributed by atoms with E-state index in [4.69, 9.17) is 4.74 Å². The van der Waals surface area contributed by atoms with Crippen molar-refractivity contribution in [2.24, 2.45) is 5.92 Å². The fourth-order valence-electron chi connectivity index (χ4n) is 4.07. The van der Waals surface area contributed by atoms with Gasteiger partial charge in [0.25, 0.3) is 0 Å². The van der Waals surface area contributed by atoms with Gasteiger partial charge in [0.1, 0.15) is 18.7 Å². The first kappa shape index (κ1) is 23.3. The van der Waals surface area contributed by atoms with Crippen LogP contribution in [0.3, 0.4) is 0 Å². The van der Waals surface area contributed by atoms with E-state index in [0.717, 1.165) is 22.3 Å². The summed E-state index contributed by atoms with van der Waals surface area (Å²) in [7, 11) is 0. The number of hydrogen-bond acceptors (Lipinski definition) is 4. The largest absolute Gasteiger partial charge is 0.480 e. The molecule has 3 rings (SSSR count). The molecule has 1 aliphatic rings. The molecule has 0 spiro atoms. The number of benzene rings is 2. The summed E-state index contributed by atoms with van der Waals surface area (Å²) >= 11 is 0. The monoisotopic (exact) mass is 438 g/mol. The molecule has 0 aliphatic heterocycles. The van der Waals surface area contributed by atoms with E-state index in [2.05, 4.69) is 22.8 Å². The zero-order valence-corrected chi connectivity index (χ0v) is 18.6. The number of carbonyl (C=O) groups excluding carboxylic acids is 2. The summed E-state index contributed by atoms with van der Waals surface area (Å²) in [6.07, 6.45) is 0.209. The quantitative estimate of drug-likeness (QED) is 0.550. The van der Waals surface area contributed by atoms with E-state index in [1.165, 1.54) is 0 Å². The van der Waals surface area contributed by atoms with E-state index in [1.54, 1.807) is 13.8 Å². The molecule has 7 nitrogen and oxygen atoms in total. The lowest BCUT2D eigenvalue weighted by Gasteiger charge is -2.24. The zero-order valence-electron chi connectivity index (χ0n) is 18.6. The Morgan fingerprint density at radius 1 is 0.938 bits per heavy atom. The normalized spacial score (nSPS) is 15.1. The third-order valence-corrected chi connectivity index (χ3v) is 6.14. The molecule has 0 aromatic heterocycles. The van der Waals surface area contributed by atoms with Gasteiger partial charge in [-0.25, -0.2) is 9.59 Å². The third-order valence-electron chi connectivity index (χ3n) is 6.14. The van der Waals surface area contributed by atoms with Crippen molar-refractivity contribution in [1.29, 1.82) is 0 Å². The van der Waals surface area contributed by atoms with Crippen molar-refractivity contribution in [3.63, 3.8) is 0 Å². The van der Waals surface area contributed by atoms with Crippen LogP contribution in [0.1, 0.15) is 50.7 Å². The molecule has 3 atom stereocenters. The van der Waals surface area contributed by atoms with Crippen molar-refractivity contribution >= 4 is 18.0 Å². The highest BCUT2D eigenvalue weighted by Crippen LogP contribution is 2.44. The van der Waals surface area contributed by atoms with Crippen LogP contribution in [-0.4, -0.2) is 41.8 Å². The first-order valence-electron chi connectivity index (χ1n) is 11.0. The van der Waals surface area contributed by atoms with Gasteiger partial charge in [-0.15, -0.1) is 0 Å². The molecule has 0 saturated carbocycles. The number of fused-ring (bicyclic) bond motifs is 3. The Balaban J connectivity index is 1.63. The van der Waals surface area contributed by atoms with Crippen LogP contribution < -0.4 is 10.6 Å². The molecule has 7 heteroatoms. The number of aliphatic carboxylic acids is 1. The second-order valence-corrected chi connectivity index (χ2v) is 8.14. The Hall–Kier alpha value is -3.35. The van der Waals surface area contributed by atoms with Crippen LogP contribution in [-0.2, 0) is 14.3 Å². The van der Waals surface area contributed by atoms with E-state index in [-0.39, 0.29) is 18.4 Å². The molecule has 170 valence electrons. The molecule has 2 aromatic rings. The van der Waals surface area contributed by atoms with Gasteiger partial charge in [0, 0.05) is 5.92 Å². The standard InChI is InChI=1S/C25H30N2O5/c1-4-15(3)22(24(29)30)27-23(28)21(5-2)26-25(31)32-14-20-18-12-8-6-10-16(18)17-11-7-9-13-19(17)20/h6-13,15,20-22H,4-5,14H2,1-3H3,(H,26,31)(H,27,28)(H,29,30)/t15-,21?,22-/m0/s1. The number of carbonyl (C=O) groups is 3. The molecular weight excluding hydrogens is 408 g/mol. The minimum Gasteiger partial charge on any atom is -0.480 e. The Bertz CT molecular complexity index is 944. The number of ether oxygens (including phenoxy) is 1. The Kier molecular flexibility index (Phi) is 7.51. The third kappa shape index (κ3) is 4.93. The number of carboxylic acid groups (broad SMARTS) is 1. The van der Waals surface area contributed by atoms with Gasteiger partial charge in [0.05, 0.1) is 0 Å². The molecule has 2 aromatic carbocycles. The fraction of sp³-hybridized carbons (Fsp3) is 0.400. The predicted molar refractivity (Wildman–Crippen MR) is 121 cm³/mol. The summed E-state index contributed by atoms with van der Waals surface area (Å²) in [6.45, 7) is 5.51. The average Bonchev–Trinajstić information content (AvgIpc) is 3.12. The molecule has 0 bridgehead atoms. The lowest BCUT2D eigenvalue weighted by molar-refractivity contribution is -0.143. The Morgan fingerprint density at radius 3 is 2.00 bits per heavy atom. The van der Waals surface area contributed by atoms with Gasteiger partial charge >= 0.3 is 12.1 Å². The van der Waals surface area contributed by atoms with E-state index in [9.17, 15) is 19.5 Å². The van der Waals surface area contributed by atoms with Crippen molar-refractivity contribution in [3.05, 3.63) is 59.7 Å². The van der Waals surface area contributed by atoms with E-state index < -0.39 is 30.1 Å². The van der Waals surface area contributed by atoms with Crippen LogP contribution in [0.4, 0.5) is 4.79 Å². The van der Waals surface area contributed by atoms with Crippen molar-refractivity contribution in [1.82, 2.24) is 10.6 Å². The summed E-state index contributed by atoms with van der Waals surface area (Å²) < 4.78 is 5.50. The lowest BCUT2D eigenvalue weighted by atomic mass is 9.98. The van der Waals surface area contributed by atoms with Crippen LogP contribution in [0.2, 0.25) is 0 Å². The first-order valence-corrected chi connectivity index (χ1v) is 11.0. The van der Waals surface area contributed by atoms with E-state index in [1.807, 2.05) is 43.3 Å². The summed E-state index contributed by atoms with van der Waals surface area (Å²) in [5.74, 6) is -1.94. The topological polar surface area (TPSA) is 105 Å². The van der Waals surface area contributed by atoms with Crippen LogP contribution in [0, 0.1) is 5.92 Å². The van der Waals surface area contributed by atoms with Crippen molar-refractivity contribution < 1.29 is 24.2 Å². The summed E-state index contributed by atoms with van der Waals surface area (Å²) in [4.78, 5) is 36.6. The maximum absolute atomic E-state index is 12.6. The molecule has 0 saturated heterocycles. The number of nitrogens with one attached hydrogen (secondary N) is 2. The van der Waals surface area contributed by atoms with Crippen molar-refractivity contribution in [3.8, 4) is 11.1 Å². The zero-order chi connectivity index (χ0) is 23.3. The highest BCUT2D eigenvalue weighted by atomic mass is 16.5. The second kappa shape index (κ2) is 10.3. The summed E-state index contributed by atoms with van der Waals surface area (Å²) in [5, 5.41) is 14.5. The second-order valence-electron chi connectivity index (χ2n) is 8.14. The highest BCUT2D eigenvalue weighted by Gasteiger charge is 2.31. The number of rotatable bonds is 9. The lowest BCUT2D eigenvalue weighted by Crippen LogP contribution is -2.53. The highest BCUT2D eigenvalue weighted by molar-refractivity contribution is 5.89. The smallest absolute Gasteiger partial charge is 0.407 e. The molecule has 1 unspecified atom stereocenters. The van der Waals surface area contributed by atoms with Gasteiger partial charge in [-0.3, -0.25) is 4.79 Å². The number of carboxylic acids is 1. The van der Waals surface area contributed by atoms with Crippen LogP contribution >= 0.6 is 0 Å². The average molecular weight is 439 g/mol. The fourth-order valence-corrected chi connectivity index (χ4v) is 4.07. The number of alkyl carbamates (subject to hydrolysis) is 1. The van der Waals surface area contributed by atoms with Crippen LogP contribution in [0.25, 0.3) is 11.1 Å². The Morgan fingerprint density at radius 2 is 1.50 bits per heavy atom. The minimum atomic E-state index is -1.09. The molecule has 0 radical (unpaired) electrons. The Labute approximate surface area is 188 Å². The predicted octanol–water partition coefficient (Wildman–Crippen LogP) is 3.92. The molecule has 3 N–H and O–H groups in total. The molecule has 0 fully saturated rings. The molecule has 1 aliphatic carbocycles. The molecule has 32 heavy (non-hydrogen) atoms. The van der Waals surface area contributed by atoms with Gasteiger partial charge in [-0.1, -0.05) is 75.7 Å². The van der Waals surface area contributed by atoms with Gasteiger partial charge in [0.2, 0.25) is 5.91 Å². The van der Waals surface area contributed by atoms with Crippen LogP contribution in [0.5, 0.6) is 0 Å². The molecule has 0 heterocycles.